The Morgan fingerprint density at radius 3 is 2.39 bits per heavy atom. The summed E-state index contributed by atoms with van der Waals surface area (Å²) in [6, 6.07) is 20.8. The lowest BCUT2D eigenvalue weighted by atomic mass is 10.3. The maximum atomic E-state index is 14.2. The molecular weight excluding hydrogens is 401 g/mol. The zero-order valence-corrected chi connectivity index (χ0v) is 16.6. The molecule has 1 heterocycles. The van der Waals surface area contributed by atoms with Gasteiger partial charge in [-0.3, -0.25) is 4.90 Å². The van der Waals surface area contributed by atoms with Gasteiger partial charge in [-0.15, -0.1) is 4.68 Å². The second kappa shape index (κ2) is 8.62. The van der Waals surface area contributed by atoms with Crippen LogP contribution in [0.5, 0.6) is 11.5 Å². The predicted octanol–water partition coefficient (Wildman–Crippen LogP) is 3.86. The summed E-state index contributed by atoms with van der Waals surface area (Å²) in [7, 11) is 0. The van der Waals surface area contributed by atoms with Gasteiger partial charge in [-0.05, 0) is 53.7 Å². The number of rotatable bonds is 5. The summed E-state index contributed by atoms with van der Waals surface area (Å²) < 4.78 is 21.6. The number of nitrogens with zero attached hydrogens (tertiary/aromatic N) is 5. The van der Waals surface area contributed by atoms with Crippen LogP contribution >= 0.6 is 0 Å². The van der Waals surface area contributed by atoms with Gasteiger partial charge < -0.3 is 4.74 Å². The standard InChI is InChI=1S/C22H18FN5O3/c1-2-26(18-13-7-6-12-17(18)23)21(29)28-22(30)27(24-25-28)19-14-8-9-15-20(19)31-16-10-4-3-5-11-16/h3-15H,2H2,1H3. The lowest BCUT2D eigenvalue weighted by molar-refractivity contribution is 0.244. The Morgan fingerprint density at radius 1 is 0.968 bits per heavy atom. The molecule has 0 saturated heterocycles. The number of halogens is 1. The van der Waals surface area contributed by atoms with Gasteiger partial charge >= 0.3 is 11.7 Å². The molecule has 31 heavy (non-hydrogen) atoms. The van der Waals surface area contributed by atoms with E-state index in [1.54, 1.807) is 49.4 Å². The highest BCUT2D eigenvalue weighted by Crippen LogP contribution is 2.26. The van der Waals surface area contributed by atoms with E-state index in [-0.39, 0.29) is 12.2 Å². The smallest absolute Gasteiger partial charge is 0.377 e. The van der Waals surface area contributed by atoms with Crippen LogP contribution in [-0.4, -0.2) is 32.4 Å². The van der Waals surface area contributed by atoms with Gasteiger partial charge in [0.2, 0.25) is 0 Å². The van der Waals surface area contributed by atoms with E-state index in [2.05, 4.69) is 10.4 Å². The van der Waals surface area contributed by atoms with Crippen LogP contribution < -0.4 is 15.3 Å². The fourth-order valence-corrected chi connectivity index (χ4v) is 3.05. The van der Waals surface area contributed by atoms with Gasteiger partial charge in [-0.25, -0.2) is 14.0 Å². The Kier molecular flexibility index (Phi) is 5.57. The molecule has 0 saturated carbocycles. The molecule has 1 aromatic heterocycles. The van der Waals surface area contributed by atoms with Crippen molar-refractivity contribution in [3.8, 4) is 17.2 Å². The number of amides is 1. The molecule has 0 fully saturated rings. The number of carbonyl (C=O) groups is 1. The Bertz CT molecular complexity index is 1270. The number of hydrogen-bond donors (Lipinski definition) is 0. The molecule has 0 aliphatic heterocycles. The Balaban J connectivity index is 1.70. The van der Waals surface area contributed by atoms with Crippen LogP contribution in [0.15, 0.2) is 83.7 Å². The first-order valence-electron chi connectivity index (χ1n) is 9.54. The van der Waals surface area contributed by atoms with E-state index >= 15 is 0 Å². The van der Waals surface area contributed by atoms with Gasteiger partial charge in [-0.2, -0.15) is 4.68 Å². The summed E-state index contributed by atoms with van der Waals surface area (Å²) in [5.74, 6) is 0.347. The molecule has 3 aromatic carbocycles. The highest BCUT2D eigenvalue weighted by Gasteiger charge is 2.24. The number of anilines is 1. The van der Waals surface area contributed by atoms with Gasteiger partial charge in [0.15, 0.2) is 5.75 Å². The lowest BCUT2D eigenvalue weighted by Gasteiger charge is -2.19. The molecule has 156 valence electrons. The van der Waals surface area contributed by atoms with Crippen LogP contribution in [0.4, 0.5) is 14.9 Å². The summed E-state index contributed by atoms with van der Waals surface area (Å²) in [5, 5.41) is 7.55. The van der Waals surface area contributed by atoms with Crippen molar-refractivity contribution in [3.63, 3.8) is 0 Å². The Morgan fingerprint density at radius 2 is 1.65 bits per heavy atom. The van der Waals surface area contributed by atoms with E-state index in [0.29, 0.717) is 21.9 Å². The quantitative estimate of drug-likeness (QED) is 0.459. The van der Waals surface area contributed by atoms with Crippen molar-refractivity contribution < 1.29 is 13.9 Å². The minimum Gasteiger partial charge on any atom is -0.455 e. The number of aromatic nitrogens is 4. The minimum absolute atomic E-state index is 0.0456. The van der Waals surface area contributed by atoms with Crippen molar-refractivity contribution in [2.45, 2.75) is 6.92 Å². The molecular formula is C22H18FN5O3. The fourth-order valence-electron chi connectivity index (χ4n) is 3.05. The maximum absolute atomic E-state index is 14.2. The molecule has 0 bridgehead atoms. The third kappa shape index (κ3) is 3.93. The molecule has 0 atom stereocenters. The lowest BCUT2D eigenvalue weighted by Crippen LogP contribution is -2.41. The highest BCUT2D eigenvalue weighted by atomic mass is 19.1. The van der Waals surface area contributed by atoms with Crippen molar-refractivity contribution in [2.24, 2.45) is 0 Å². The molecule has 4 rings (SSSR count). The molecule has 0 unspecified atom stereocenters. The van der Waals surface area contributed by atoms with Crippen LogP contribution in [0, 0.1) is 5.82 Å². The molecule has 0 aliphatic carbocycles. The molecule has 0 aliphatic rings. The largest absolute Gasteiger partial charge is 0.455 e. The SMILES string of the molecule is CCN(C(=O)n1nnn(-c2ccccc2Oc2ccccc2)c1=O)c1ccccc1F. The molecule has 4 aromatic rings. The third-order valence-electron chi connectivity index (χ3n) is 4.52. The van der Waals surface area contributed by atoms with Gasteiger partial charge in [0.25, 0.3) is 0 Å². The molecule has 0 N–H and O–H groups in total. The second-order valence-electron chi connectivity index (χ2n) is 6.45. The number of carbonyl (C=O) groups excluding carboxylic acids is 1. The predicted molar refractivity (Wildman–Crippen MR) is 112 cm³/mol. The van der Waals surface area contributed by atoms with Crippen molar-refractivity contribution >= 4 is 11.7 Å². The van der Waals surface area contributed by atoms with Crippen LogP contribution in [0.1, 0.15) is 6.92 Å². The van der Waals surface area contributed by atoms with Gasteiger partial charge in [0.05, 0.1) is 5.69 Å². The van der Waals surface area contributed by atoms with Crippen LogP contribution in [0.3, 0.4) is 0 Å². The monoisotopic (exact) mass is 419 g/mol. The van der Waals surface area contributed by atoms with Crippen LogP contribution in [0.2, 0.25) is 0 Å². The summed E-state index contributed by atoms with van der Waals surface area (Å²) in [6.45, 7) is 1.80. The first-order valence-corrected chi connectivity index (χ1v) is 9.54. The topological polar surface area (TPSA) is 82.2 Å². The maximum Gasteiger partial charge on any atom is 0.377 e. The third-order valence-corrected chi connectivity index (χ3v) is 4.52. The zero-order valence-electron chi connectivity index (χ0n) is 16.6. The van der Waals surface area contributed by atoms with Crippen molar-refractivity contribution in [2.75, 3.05) is 11.4 Å². The van der Waals surface area contributed by atoms with E-state index in [0.717, 1.165) is 9.58 Å². The second-order valence-corrected chi connectivity index (χ2v) is 6.45. The Labute approximate surface area is 176 Å². The summed E-state index contributed by atoms with van der Waals surface area (Å²) in [5.41, 5.74) is -0.447. The van der Waals surface area contributed by atoms with E-state index in [9.17, 15) is 14.0 Å². The molecule has 0 spiro atoms. The average Bonchev–Trinajstić information content (AvgIpc) is 3.17. The fraction of sp³-hybridized carbons (Fsp3) is 0.0909. The first-order chi connectivity index (χ1) is 15.1. The van der Waals surface area contributed by atoms with Gasteiger partial charge in [0, 0.05) is 6.54 Å². The summed E-state index contributed by atoms with van der Waals surface area (Å²) in [6.07, 6.45) is 0. The van der Waals surface area contributed by atoms with Gasteiger partial charge in [0.1, 0.15) is 17.3 Å². The normalized spacial score (nSPS) is 10.6. The van der Waals surface area contributed by atoms with Crippen molar-refractivity contribution in [3.05, 3.63) is 95.2 Å². The average molecular weight is 419 g/mol. The molecule has 9 heteroatoms. The van der Waals surface area contributed by atoms with E-state index in [1.807, 2.05) is 18.2 Å². The first kappa shape index (κ1) is 20.0. The minimum atomic E-state index is -0.815. The highest BCUT2D eigenvalue weighted by molar-refractivity contribution is 5.92. The van der Waals surface area contributed by atoms with E-state index in [1.165, 1.54) is 18.2 Å². The zero-order chi connectivity index (χ0) is 21.8. The number of hydrogen-bond acceptors (Lipinski definition) is 5. The summed E-state index contributed by atoms with van der Waals surface area (Å²) >= 11 is 0. The molecule has 1 amide bonds. The van der Waals surface area contributed by atoms with Gasteiger partial charge in [-0.1, -0.05) is 42.5 Å². The summed E-state index contributed by atoms with van der Waals surface area (Å²) in [4.78, 5) is 27.0. The van der Waals surface area contributed by atoms with E-state index < -0.39 is 17.5 Å². The number of ether oxygens (including phenoxy) is 1. The number of benzene rings is 3. The van der Waals surface area contributed by atoms with Crippen molar-refractivity contribution in [1.29, 1.82) is 0 Å². The number of tetrazole rings is 1. The van der Waals surface area contributed by atoms with Crippen LogP contribution in [0.25, 0.3) is 5.69 Å². The van der Waals surface area contributed by atoms with Crippen molar-refractivity contribution in [1.82, 2.24) is 19.8 Å². The van der Waals surface area contributed by atoms with E-state index in [4.69, 9.17) is 4.74 Å². The number of para-hydroxylation sites is 4. The Hall–Kier alpha value is -4.27. The molecule has 0 radical (unpaired) electrons. The molecule has 8 nitrogen and oxygen atoms in total. The van der Waals surface area contributed by atoms with Crippen LogP contribution in [-0.2, 0) is 0 Å².